The van der Waals surface area contributed by atoms with Gasteiger partial charge in [0.15, 0.2) is 0 Å². The van der Waals surface area contributed by atoms with Crippen LogP contribution in [0.4, 0.5) is 4.79 Å². The van der Waals surface area contributed by atoms with E-state index < -0.39 is 11.7 Å². The maximum atomic E-state index is 12.2. The van der Waals surface area contributed by atoms with Crippen molar-refractivity contribution in [2.45, 2.75) is 32.3 Å². The van der Waals surface area contributed by atoms with E-state index in [2.05, 4.69) is 0 Å². The van der Waals surface area contributed by atoms with Crippen LogP contribution in [-0.4, -0.2) is 16.3 Å². The maximum Gasteiger partial charge on any atom is 0.419 e. The Hall–Kier alpha value is -1.19. The van der Waals surface area contributed by atoms with E-state index in [4.69, 9.17) is 27.9 Å². The first kappa shape index (κ1) is 14.2. The Labute approximate surface area is 122 Å². The predicted molar refractivity (Wildman–Crippen MR) is 78.1 cm³/mol. The summed E-state index contributed by atoms with van der Waals surface area (Å²) in [6, 6.07) is 5.33. The second-order valence-corrected chi connectivity index (χ2v) is 6.00. The lowest BCUT2D eigenvalue weighted by atomic mass is 10.2. The van der Waals surface area contributed by atoms with Crippen molar-refractivity contribution >= 4 is 40.2 Å². The van der Waals surface area contributed by atoms with Gasteiger partial charge in [0.25, 0.3) is 0 Å². The minimum absolute atomic E-state index is 0.312. The number of nitrogens with zero attached hydrogens (tertiary/aromatic N) is 1. The number of alkyl halides is 1. The van der Waals surface area contributed by atoms with Crippen LogP contribution in [0.3, 0.4) is 0 Å². The Morgan fingerprint density at radius 3 is 2.63 bits per heavy atom. The third-order valence-electron chi connectivity index (χ3n) is 2.58. The third-order valence-corrected chi connectivity index (χ3v) is 3.11. The second-order valence-electron chi connectivity index (χ2n) is 5.30. The molecule has 0 bridgehead atoms. The van der Waals surface area contributed by atoms with E-state index in [0.717, 1.165) is 16.5 Å². The lowest BCUT2D eigenvalue weighted by Crippen LogP contribution is -2.26. The van der Waals surface area contributed by atoms with Crippen LogP contribution in [0.5, 0.6) is 0 Å². The average molecular weight is 300 g/mol. The van der Waals surface area contributed by atoms with Gasteiger partial charge in [0.2, 0.25) is 0 Å². The molecule has 2 rings (SSSR count). The zero-order valence-electron chi connectivity index (χ0n) is 11.0. The van der Waals surface area contributed by atoms with Crippen LogP contribution in [0, 0.1) is 0 Å². The number of carbonyl (C=O) groups is 1. The summed E-state index contributed by atoms with van der Waals surface area (Å²) in [6.07, 6.45) is 1.28. The molecular weight excluding hydrogens is 285 g/mol. The molecule has 102 valence electrons. The fourth-order valence-corrected chi connectivity index (χ4v) is 2.22. The molecule has 0 fully saturated rings. The van der Waals surface area contributed by atoms with Crippen LogP contribution in [0.1, 0.15) is 26.3 Å². The van der Waals surface area contributed by atoms with Crippen molar-refractivity contribution in [3.05, 3.63) is 35.0 Å². The largest absolute Gasteiger partial charge is 0.443 e. The number of halogens is 2. The van der Waals surface area contributed by atoms with Crippen LogP contribution < -0.4 is 0 Å². The lowest BCUT2D eigenvalue weighted by molar-refractivity contribution is 0.0544. The molecule has 0 saturated heterocycles. The SMILES string of the molecule is CC(C)(C)OC(=O)n1cc(CCl)c2cc(Cl)ccc21. The molecule has 19 heavy (non-hydrogen) atoms. The number of carbonyl (C=O) groups excluding carboxylic acids is 1. The number of hydrogen-bond donors (Lipinski definition) is 0. The molecule has 5 heteroatoms. The van der Waals surface area contributed by atoms with Gasteiger partial charge < -0.3 is 4.74 Å². The van der Waals surface area contributed by atoms with Crippen LogP contribution >= 0.6 is 23.2 Å². The van der Waals surface area contributed by atoms with E-state index in [1.807, 2.05) is 20.8 Å². The van der Waals surface area contributed by atoms with E-state index in [1.54, 1.807) is 24.4 Å². The smallest absolute Gasteiger partial charge is 0.419 e. The molecule has 2 aromatic rings. The standard InChI is InChI=1S/C14H15Cl2NO2/c1-14(2,3)19-13(18)17-8-9(7-15)11-6-10(16)4-5-12(11)17/h4-6,8H,7H2,1-3H3. The van der Waals surface area contributed by atoms with Gasteiger partial charge in [0.05, 0.1) is 5.52 Å². The zero-order chi connectivity index (χ0) is 14.2. The topological polar surface area (TPSA) is 31.2 Å². The first-order valence-electron chi connectivity index (χ1n) is 5.90. The molecule has 0 radical (unpaired) electrons. The second kappa shape index (κ2) is 5.06. The van der Waals surface area contributed by atoms with Crippen molar-refractivity contribution in [2.24, 2.45) is 0 Å². The Kier molecular flexibility index (Phi) is 3.79. The molecule has 0 aliphatic rings. The molecule has 1 aromatic heterocycles. The highest BCUT2D eigenvalue weighted by molar-refractivity contribution is 6.31. The van der Waals surface area contributed by atoms with Gasteiger partial charge in [0, 0.05) is 22.5 Å². The summed E-state index contributed by atoms with van der Waals surface area (Å²) >= 11 is 11.9. The quantitative estimate of drug-likeness (QED) is 0.707. The summed E-state index contributed by atoms with van der Waals surface area (Å²) in [5, 5.41) is 1.48. The van der Waals surface area contributed by atoms with Gasteiger partial charge in [-0.2, -0.15) is 0 Å². The minimum atomic E-state index is -0.540. The Balaban J connectivity index is 2.52. The Morgan fingerprint density at radius 2 is 2.05 bits per heavy atom. The number of hydrogen-bond acceptors (Lipinski definition) is 2. The molecule has 0 aliphatic heterocycles. The predicted octanol–water partition coefficient (Wildman–Crippen LogP) is 4.82. The number of benzene rings is 1. The summed E-state index contributed by atoms with van der Waals surface area (Å²) in [5.41, 5.74) is 1.06. The van der Waals surface area contributed by atoms with E-state index in [-0.39, 0.29) is 0 Å². The highest BCUT2D eigenvalue weighted by atomic mass is 35.5. The Bertz CT molecular complexity index is 626. The van der Waals surface area contributed by atoms with Crippen molar-refractivity contribution in [3.8, 4) is 0 Å². The number of aromatic nitrogens is 1. The average Bonchev–Trinajstić information content (AvgIpc) is 2.64. The normalized spacial score (nSPS) is 11.8. The first-order valence-corrected chi connectivity index (χ1v) is 6.82. The molecule has 1 aromatic carbocycles. The molecule has 0 amide bonds. The molecule has 0 N–H and O–H groups in total. The van der Waals surface area contributed by atoms with E-state index in [1.165, 1.54) is 4.57 Å². The van der Waals surface area contributed by atoms with E-state index >= 15 is 0 Å². The molecule has 0 atom stereocenters. The zero-order valence-corrected chi connectivity index (χ0v) is 12.5. The van der Waals surface area contributed by atoms with Crippen molar-refractivity contribution in [1.29, 1.82) is 0 Å². The number of rotatable bonds is 1. The van der Waals surface area contributed by atoms with Gasteiger partial charge in [-0.25, -0.2) is 4.79 Å². The summed E-state index contributed by atoms with van der Waals surface area (Å²) in [7, 11) is 0. The summed E-state index contributed by atoms with van der Waals surface area (Å²) in [6.45, 7) is 5.49. The molecule has 0 aliphatic carbocycles. The highest BCUT2D eigenvalue weighted by Crippen LogP contribution is 2.27. The van der Waals surface area contributed by atoms with Crippen molar-refractivity contribution < 1.29 is 9.53 Å². The summed E-state index contributed by atoms with van der Waals surface area (Å²) < 4.78 is 6.83. The molecule has 0 saturated carbocycles. The number of ether oxygens (including phenoxy) is 1. The van der Waals surface area contributed by atoms with Gasteiger partial charge >= 0.3 is 6.09 Å². The van der Waals surface area contributed by atoms with E-state index in [0.29, 0.717) is 10.9 Å². The van der Waals surface area contributed by atoms with Gasteiger partial charge in [-0.05, 0) is 44.5 Å². The third kappa shape index (κ3) is 3.04. The maximum absolute atomic E-state index is 12.2. The molecule has 1 heterocycles. The van der Waals surface area contributed by atoms with Crippen molar-refractivity contribution in [1.82, 2.24) is 4.57 Å². The lowest BCUT2D eigenvalue weighted by Gasteiger charge is -2.19. The van der Waals surface area contributed by atoms with Crippen LogP contribution in [0.2, 0.25) is 5.02 Å². The van der Waals surface area contributed by atoms with E-state index in [9.17, 15) is 4.79 Å². The van der Waals surface area contributed by atoms with Gasteiger partial charge in [-0.15, -0.1) is 11.6 Å². The van der Waals surface area contributed by atoms with Crippen molar-refractivity contribution in [3.63, 3.8) is 0 Å². The summed E-state index contributed by atoms with van der Waals surface area (Å²) in [4.78, 5) is 12.2. The van der Waals surface area contributed by atoms with Crippen LogP contribution in [-0.2, 0) is 10.6 Å². The highest BCUT2D eigenvalue weighted by Gasteiger charge is 2.20. The fraction of sp³-hybridized carbons (Fsp3) is 0.357. The first-order chi connectivity index (χ1) is 8.81. The summed E-state index contributed by atoms with van der Waals surface area (Å²) in [5.74, 6) is 0.312. The molecule has 3 nitrogen and oxygen atoms in total. The fourth-order valence-electron chi connectivity index (χ4n) is 1.84. The van der Waals surface area contributed by atoms with Gasteiger partial charge in [0.1, 0.15) is 5.60 Å². The Morgan fingerprint density at radius 1 is 1.37 bits per heavy atom. The molecular formula is C14H15Cl2NO2. The van der Waals surface area contributed by atoms with Crippen LogP contribution in [0.15, 0.2) is 24.4 Å². The van der Waals surface area contributed by atoms with Gasteiger partial charge in [-0.1, -0.05) is 11.6 Å². The van der Waals surface area contributed by atoms with Gasteiger partial charge in [-0.3, -0.25) is 4.57 Å². The van der Waals surface area contributed by atoms with Crippen molar-refractivity contribution in [2.75, 3.05) is 0 Å². The monoisotopic (exact) mass is 299 g/mol. The van der Waals surface area contributed by atoms with Crippen LogP contribution in [0.25, 0.3) is 10.9 Å². The molecule has 0 spiro atoms. The number of fused-ring (bicyclic) bond motifs is 1. The minimum Gasteiger partial charge on any atom is -0.443 e. The molecule has 0 unspecified atom stereocenters.